The van der Waals surface area contributed by atoms with Gasteiger partial charge in [-0.1, -0.05) is 23.8 Å². The number of hydrogen-bond donors (Lipinski definition) is 2. The van der Waals surface area contributed by atoms with Crippen molar-refractivity contribution >= 4 is 28.6 Å². The Morgan fingerprint density at radius 3 is 2.34 bits per heavy atom. The van der Waals surface area contributed by atoms with E-state index < -0.39 is 0 Å². The van der Waals surface area contributed by atoms with Crippen molar-refractivity contribution in [3.05, 3.63) is 89.2 Å². The molecule has 7 heteroatoms. The number of ether oxygens (including phenoxy) is 2. The third-order valence-electron chi connectivity index (χ3n) is 5.28. The number of rotatable bonds is 6. The fourth-order valence-corrected chi connectivity index (χ4v) is 3.64. The average molecular weight is 429 g/mol. The molecule has 32 heavy (non-hydrogen) atoms. The number of pyridine rings is 1. The number of nitrogen functional groups attached to an aromatic ring is 1. The van der Waals surface area contributed by atoms with Crippen LogP contribution in [0.3, 0.4) is 0 Å². The van der Waals surface area contributed by atoms with Gasteiger partial charge in [0.05, 0.1) is 31.0 Å². The van der Waals surface area contributed by atoms with Gasteiger partial charge in [0.1, 0.15) is 5.69 Å². The summed E-state index contributed by atoms with van der Waals surface area (Å²) < 4.78 is 12.2. The van der Waals surface area contributed by atoms with Crippen LogP contribution in [0.5, 0.6) is 11.5 Å². The average Bonchev–Trinajstić information content (AvgIpc) is 3.11. The summed E-state index contributed by atoms with van der Waals surface area (Å²) in [5.74, 6) is 0.214. The van der Waals surface area contributed by atoms with Crippen LogP contribution in [0, 0.1) is 6.92 Å². The standard InChI is InChI=1S/C25H23N3O4/c1-15-7-10-17(11-8-15)27-25(30)21-18-6-4-5-13-28(18)23(22(21)26)24(29)16-9-12-19(31-2)20(14-16)32-3/h4-14H,26H2,1-3H3,(H,27,30). The Balaban J connectivity index is 1.80. The number of anilines is 2. The summed E-state index contributed by atoms with van der Waals surface area (Å²) >= 11 is 0. The molecule has 3 N–H and O–H groups in total. The van der Waals surface area contributed by atoms with E-state index in [4.69, 9.17) is 15.2 Å². The van der Waals surface area contributed by atoms with E-state index >= 15 is 0 Å². The van der Waals surface area contributed by atoms with Crippen LogP contribution >= 0.6 is 0 Å². The summed E-state index contributed by atoms with van der Waals surface area (Å²) in [6.45, 7) is 1.97. The first-order chi connectivity index (χ1) is 15.4. The summed E-state index contributed by atoms with van der Waals surface area (Å²) in [6, 6.07) is 17.7. The zero-order chi connectivity index (χ0) is 22.8. The number of carbonyl (C=O) groups is 2. The zero-order valence-electron chi connectivity index (χ0n) is 18.0. The summed E-state index contributed by atoms with van der Waals surface area (Å²) in [6.07, 6.45) is 1.71. The van der Waals surface area contributed by atoms with E-state index in [0.29, 0.717) is 28.3 Å². The maximum atomic E-state index is 13.5. The van der Waals surface area contributed by atoms with Gasteiger partial charge in [-0.25, -0.2) is 0 Å². The number of nitrogens with one attached hydrogen (secondary N) is 1. The number of carbonyl (C=O) groups excluding carboxylic acids is 2. The predicted molar refractivity (Wildman–Crippen MR) is 124 cm³/mol. The molecule has 0 bridgehead atoms. The Morgan fingerprint density at radius 2 is 1.66 bits per heavy atom. The molecule has 2 aromatic carbocycles. The molecule has 0 saturated carbocycles. The third kappa shape index (κ3) is 3.65. The Kier molecular flexibility index (Phi) is 5.55. The van der Waals surface area contributed by atoms with Gasteiger partial charge in [0, 0.05) is 17.4 Å². The number of methoxy groups -OCH3 is 2. The molecule has 1 amide bonds. The Morgan fingerprint density at radius 1 is 0.938 bits per heavy atom. The highest BCUT2D eigenvalue weighted by Gasteiger charge is 2.26. The molecule has 2 aromatic heterocycles. The Hall–Kier alpha value is -4.26. The van der Waals surface area contributed by atoms with Gasteiger partial charge >= 0.3 is 0 Å². The summed E-state index contributed by atoms with van der Waals surface area (Å²) in [7, 11) is 3.03. The van der Waals surface area contributed by atoms with Crippen LogP contribution in [0.2, 0.25) is 0 Å². The highest BCUT2D eigenvalue weighted by Crippen LogP contribution is 2.32. The molecule has 2 heterocycles. The van der Waals surface area contributed by atoms with Crippen LogP contribution in [0.4, 0.5) is 11.4 Å². The number of ketones is 1. The molecule has 0 aliphatic rings. The monoisotopic (exact) mass is 429 g/mol. The van der Waals surface area contributed by atoms with Gasteiger partial charge in [0.25, 0.3) is 5.91 Å². The minimum Gasteiger partial charge on any atom is -0.493 e. The normalized spacial score (nSPS) is 10.7. The van der Waals surface area contributed by atoms with Crippen molar-refractivity contribution in [1.82, 2.24) is 4.40 Å². The molecule has 0 aliphatic heterocycles. The summed E-state index contributed by atoms with van der Waals surface area (Å²) in [4.78, 5) is 26.6. The van der Waals surface area contributed by atoms with Crippen molar-refractivity contribution in [2.75, 3.05) is 25.3 Å². The third-order valence-corrected chi connectivity index (χ3v) is 5.28. The quantitative estimate of drug-likeness (QED) is 0.445. The van der Waals surface area contributed by atoms with Gasteiger partial charge in [-0.15, -0.1) is 0 Å². The fourth-order valence-electron chi connectivity index (χ4n) is 3.64. The van der Waals surface area contributed by atoms with Gasteiger partial charge < -0.3 is 24.9 Å². The molecule has 0 radical (unpaired) electrons. The number of fused-ring (bicyclic) bond motifs is 1. The van der Waals surface area contributed by atoms with Crippen molar-refractivity contribution in [3.8, 4) is 11.5 Å². The molecule has 0 fully saturated rings. The van der Waals surface area contributed by atoms with Crippen molar-refractivity contribution in [2.45, 2.75) is 6.92 Å². The lowest BCUT2D eigenvalue weighted by Crippen LogP contribution is -2.14. The van der Waals surface area contributed by atoms with Gasteiger partial charge in [-0.3, -0.25) is 9.59 Å². The maximum absolute atomic E-state index is 13.5. The number of aryl methyl sites for hydroxylation is 1. The summed E-state index contributed by atoms with van der Waals surface area (Å²) in [5, 5.41) is 2.86. The Labute approximate surface area is 185 Å². The van der Waals surface area contributed by atoms with E-state index in [1.54, 1.807) is 47.0 Å². The fraction of sp³-hybridized carbons (Fsp3) is 0.120. The summed E-state index contributed by atoms with van der Waals surface area (Å²) in [5.41, 5.74) is 9.60. The lowest BCUT2D eigenvalue weighted by atomic mass is 10.1. The van der Waals surface area contributed by atoms with Crippen LogP contribution in [0.15, 0.2) is 66.9 Å². The van der Waals surface area contributed by atoms with Crippen molar-refractivity contribution in [2.24, 2.45) is 0 Å². The number of amides is 1. The van der Waals surface area contributed by atoms with Crippen LogP contribution in [0.1, 0.15) is 32.0 Å². The number of nitrogens with zero attached hydrogens (tertiary/aromatic N) is 1. The SMILES string of the molecule is COc1ccc(C(=O)c2c(N)c(C(=O)Nc3ccc(C)cc3)c3ccccn23)cc1OC. The van der Waals surface area contributed by atoms with Crippen molar-refractivity contribution in [1.29, 1.82) is 0 Å². The minimum absolute atomic E-state index is 0.112. The van der Waals surface area contributed by atoms with Crippen LogP contribution < -0.4 is 20.5 Å². The van der Waals surface area contributed by atoms with Crippen molar-refractivity contribution in [3.63, 3.8) is 0 Å². The largest absolute Gasteiger partial charge is 0.493 e. The molecule has 7 nitrogen and oxygen atoms in total. The molecule has 0 atom stereocenters. The van der Waals surface area contributed by atoms with Gasteiger partial charge in [0.15, 0.2) is 11.5 Å². The molecule has 4 rings (SSSR count). The first kappa shape index (κ1) is 21.0. The second kappa shape index (κ2) is 8.47. The number of hydrogen-bond acceptors (Lipinski definition) is 5. The highest BCUT2D eigenvalue weighted by molar-refractivity contribution is 6.20. The van der Waals surface area contributed by atoms with Crippen LogP contribution in [-0.2, 0) is 0 Å². The molecule has 0 spiro atoms. The topological polar surface area (TPSA) is 95.1 Å². The number of benzene rings is 2. The second-order valence-corrected chi connectivity index (χ2v) is 7.31. The molecule has 0 saturated heterocycles. The first-order valence-electron chi connectivity index (χ1n) is 9.98. The molecular formula is C25H23N3O4. The molecular weight excluding hydrogens is 406 g/mol. The van der Waals surface area contributed by atoms with E-state index in [9.17, 15) is 9.59 Å². The zero-order valence-corrected chi connectivity index (χ0v) is 18.0. The predicted octanol–water partition coefficient (Wildman–Crippen LogP) is 4.33. The van der Waals surface area contributed by atoms with Crippen LogP contribution in [0.25, 0.3) is 5.52 Å². The smallest absolute Gasteiger partial charge is 0.259 e. The number of nitrogens with two attached hydrogens (primary N) is 1. The van der Waals surface area contributed by atoms with E-state index in [-0.39, 0.29) is 28.6 Å². The molecule has 0 aliphatic carbocycles. The lowest BCUT2D eigenvalue weighted by Gasteiger charge is -2.09. The molecule has 4 aromatic rings. The van der Waals surface area contributed by atoms with Crippen LogP contribution in [-0.4, -0.2) is 30.3 Å². The van der Waals surface area contributed by atoms with Crippen molar-refractivity contribution < 1.29 is 19.1 Å². The maximum Gasteiger partial charge on any atom is 0.259 e. The molecule has 162 valence electrons. The van der Waals surface area contributed by atoms with E-state index in [0.717, 1.165) is 5.56 Å². The number of aromatic nitrogens is 1. The first-order valence-corrected chi connectivity index (χ1v) is 9.98. The second-order valence-electron chi connectivity index (χ2n) is 7.31. The lowest BCUT2D eigenvalue weighted by molar-refractivity contribution is 0.102. The van der Waals surface area contributed by atoms with Gasteiger partial charge in [0.2, 0.25) is 5.78 Å². The Bertz CT molecular complexity index is 1320. The highest BCUT2D eigenvalue weighted by atomic mass is 16.5. The van der Waals surface area contributed by atoms with E-state index in [1.807, 2.05) is 31.2 Å². The minimum atomic E-state index is -0.388. The molecule has 0 unspecified atom stereocenters. The van der Waals surface area contributed by atoms with E-state index in [1.165, 1.54) is 14.2 Å². The van der Waals surface area contributed by atoms with Gasteiger partial charge in [-0.2, -0.15) is 0 Å². The van der Waals surface area contributed by atoms with Gasteiger partial charge in [-0.05, 0) is 49.4 Å². The van der Waals surface area contributed by atoms with E-state index in [2.05, 4.69) is 5.32 Å².